The summed E-state index contributed by atoms with van der Waals surface area (Å²) in [5.74, 6) is 1.05. The molecule has 31 heavy (non-hydrogen) atoms. The number of aliphatic hydroxyl groups excluding tert-OH is 7. The first-order chi connectivity index (χ1) is 14.8. The summed E-state index contributed by atoms with van der Waals surface area (Å²) in [7, 11) is 1.52. The molecular formula is C19H28O12. The zero-order chi connectivity index (χ0) is 22.7. The van der Waals surface area contributed by atoms with Crippen molar-refractivity contribution in [1.82, 2.24) is 0 Å². The maximum absolute atomic E-state index is 10.3. The van der Waals surface area contributed by atoms with Gasteiger partial charge in [-0.1, -0.05) is 0 Å². The number of rotatable bonds is 7. The van der Waals surface area contributed by atoms with E-state index in [0.29, 0.717) is 11.5 Å². The van der Waals surface area contributed by atoms with E-state index < -0.39 is 68.0 Å². The SMILES string of the molecule is COc1ccc(OC[C@H]2O[C@@H](O[C@H]3[C@H](O)[C@@H](O)[C@@H](O)O[C@@H]3CO)[C@H](O)[C@@H](O)[C@H]2O)cc1. The van der Waals surface area contributed by atoms with Crippen molar-refractivity contribution in [2.75, 3.05) is 20.3 Å². The summed E-state index contributed by atoms with van der Waals surface area (Å²) in [6.07, 6.45) is -15.4. The van der Waals surface area contributed by atoms with Crippen LogP contribution < -0.4 is 9.47 Å². The zero-order valence-corrected chi connectivity index (χ0v) is 16.7. The Bertz CT molecular complexity index is 685. The van der Waals surface area contributed by atoms with E-state index in [1.165, 1.54) is 7.11 Å². The Morgan fingerprint density at radius 1 is 0.774 bits per heavy atom. The van der Waals surface area contributed by atoms with Crippen LogP contribution in [0.1, 0.15) is 0 Å². The summed E-state index contributed by atoms with van der Waals surface area (Å²) < 4.78 is 26.6. The van der Waals surface area contributed by atoms with Crippen LogP contribution in [0.3, 0.4) is 0 Å². The molecule has 2 fully saturated rings. The normalized spacial score (nSPS) is 41.0. The van der Waals surface area contributed by atoms with Gasteiger partial charge in [-0.25, -0.2) is 0 Å². The third kappa shape index (κ3) is 5.26. The van der Waals surface area contributed by atoms with Crippen LogP contribution in [0, 0.1) is 0 Å². The minimum atomic E-state index is -1.75. The first kappa shape index (κ1) is 24.1. The van der Waals surface area contributed by atoms with Gasteiger partial charge in [0.15, 0.2) is 12.6 Å². The lowest BCUT2D eigenvalue weighted by atomic mass is 9.97. The van der Waals surface area contributed by atoms with E-state index in [-0.39, 0.29) is 6.61 Å². The molecule has 2 aliphatic heterocycles. The molecule has 0 radical (unpaired) electrons. The van der Waals surface area contributed by atoms with Crippen LogP contribution >= 0.6 is 0 Å². The van der Waals surface area contributed by atoms with E-state index in [9.17, 15) is 35.7 Å². The molecule has 0 spiro atoms. The van der Waals surface area contributed by atoms with Gasteiger partial charge in [0.25, 0.3) is 0 Å². The fourth-order valence-electron chi connectivity index (χ4n) is 3.41. The van der Waals surface area contributed by atoms with Gasteiger partial charge in [0, 0.05) is 0 Å². The maximum atomic E-state index is 10.3. The summed E-state index contributed by atoms with van der Waals surface area (Å²) >= 11 is 0. The van der Waals surface area contributed by atoms with E-state index in [0.717, 1.165) is 0 Å². The van der Waals surface area contributed by atoms with Crippen molar-refractivity contribution in [2.24, 2.45) is 0 Å². The van der Waals surface area contributed by atoms with Gasteiger partial charge in [-0.05, 0) is 24.3 Å². The summed E-state index contributed by atoms with van der Waals surface area (Å²) in [6, 6.07) is 6.58. The molecule has 3 rings (SSSR count). The number of methoxy groups -OCH3 is 1. The predicted molar refractivity (Wildman–Crippen MR) is 100 cm³/mol. The lowest BCUT2D eigenvalue weighted by Crippen LogP contribution is -2.64. The highest BCUT2D eigenvalue weighted by Crippen LogP contribution is 2.29. The summed E-state index contributed by atoms with van der Waals surface area (Å²) in [6.45, 7) is -0.894. The van der Waals surface area contributed by atoms with Crippen LogP contribution in [-0.2, 0) is 14.2 Å². The Morgan fingerprint density at radius 2 is 1.42 bits per heavy atom. The lowest BCUT2D eigenvalue weighted by Gasteiger charge is -2.45. The Kier molecular flexibility index (Phi) is 8.04. The first-order valence-corrected chi connectivity index (χ1v) is 9.69. The molecule has 0 aromatic heterocycles. The standard InChI is InChI=1S/C19H28O12/c1-27-8-2-4-9(5-3-8)28-7-11-12(21)13(22)16(25)19(30-11)31-17-10(6-20)29-18(26)15(24)14(17)23/h2-5,10-26H,6-7H2,1H3/t10-,11-,12+,13+,14-,15-,16-,17-,18+,19+/m1/s1. The molecule has 0 amide bonds. The van der Waals surface area contributed by atoms with Crippen molar-refractivity contribution in [3.63, 3.8) is 0 Å². The van der Waals surface area contributed by atoms with Crippen molar-refractivity contribution in [3.05, 3.63) is 24.3 Å². The number of aliphatic hydroxyl groups is 7. The molecule has 1 aromatic carbocycles. The summed E-state index contributed by atoms with van der Waals surface area (Å²) in [4.78, 5) is 0. The molecule has 0 bridgehead atoms. The van der Waals surface area contributed by atoms with Gasteiger partial charge in [0.05, 0.1) is 13.7 Å². The van der Waals surface area contributed by atoms with Crippen molar-refractivity contribution >= 4 is 0 Å². The monoisotopic (exact) mass is 448 g/mol. The van der Waals surface area contributed by atoms with Crippen molar-refractivity contribution < 1.29 is 59.4 Å². The third-order valence-corrected chi connectivity index (χ3v) is 5.27. The molecule has 0 unspecified atom stereocenters. The van der Waals surface area contributed by atoms with Crippen molar-refractivity contribution in [1.29, 1.82) is 0 Å². The van der Waals surface area contributed by atoms with E-state index in [4.69, 9.17) is 23.7 Å². The van der Waals surface area contributed by atoms with Gasteiger partial charge in [0.2, 0.25) is 0 Å². The average molecular weight is 448 g/mol. The van der Waals surface area contributed by atoms with Crippen LogP contribution in [0.15, 0.2) is 24.3 Å². The summed E-state index contributed by atoms with van der Waals surface area (Å²) in [5, 5.41) is 69.7. The highest BCUT2D eigenvalue weighted by atomic mass is 16.7. The van der Waals surface area contributed by atoms with Crippen molar-refractivity contribution in [2.45, 2.75) is 61.4 Å². The summed E-state index contributed by atoms with van der Waals surface area (Å²) in [5.41, 5.74) is 0. The van der Waals surface area contributed by atoms with Crippen LogP contribution in [0.2, 0.25) is 0 Å². The number of hydrogen-bond donors (Lipinski definition) is 7. The van der Waals surface area contributed by atoms with E-state index in [2.05, 4.69) is 0 Å². The van der Waals surface area contributed by atoms with Crippen LogP contribution in [0.4, 0.5) is 0 Å². The average Bonchev–Trinajstić information content (AvgIpc) is 2.78. The van der Waals surface area contributed by atoms with Crippen LogP contribution in [-0.4, -0.2) is 117 Å². The van der Waals surface area contributed by atoms with Gasteiger partial charge in [-0.15, -0.1) is 0 Å². The second kappa shape index (κ2) is 10.4. The molecule has 0 saturated carbocycles. The third-order valence-electron chi connectivity index (χ3n) is 5.27. The van der Waals surface area contributed by atoms with Gasteiger partial charge >= 0.3 is 0 Å². The predicted octanol–water partition coefficient (Wildman–Crippen LogP) is -3.30. The lowest BCUT2D eigenvalue weighted by molar-refractivity contribution is -0.354. The molecule has 2 aliphatic rings. The Balaban J connectivity index is 1.67. The van der Waals surface area contributed by atoms with Crippen LogP contribution in [0.5, 0.6) is 11.5 Å². The number of benzene rings is 1. The number of ether oxygens (including phenoxy) is 5. The van der Waals surface area contributed by atoms with Crippen LogP contribution in [0.25, 0.3) is 0 Å². The quantitative estimate of drug-likeness (QED) is 0.220. The highest BCUT2D eigenvalue weighted by Gasteiger charge is 2.50. The highest BCUT2D eigenvalue weighted by molar-refractivity contribution is 5.31. The van der Waals surface area contributed by atoms with E-state index in [1.807, 2.05) is 0 Å². The van der Waals surface area contributed by atoms with Gasteiger partial charge in [-0.2, -0.15) is 0 Å². The second-order valence-electron chi connectivity index (χ2n) is 7.33. The van der Waals surface area contributed by atoms with Crippen molar-refractivity contribution in [3.8, 4) is 11.5 Å². The first-order valence-electron chi connectivity index (χ1n) is 9.69. The molecular weight excluding hydrogens is 420 g/mol. The second-order valence-corrected chi connectivity index (χ2v) is 7.33. The molecule has 0 aliphatic carbocycles. The topological polar surface area (TPSA) is 188 Å². The molecule has 2 saturated heterocycles. The minimum absolute atomic E-state index is 0.217. The van der Waals surface area contributed by atoms with Gasteiger partial charge in [0.1, 0.15) is 66.9 Å². The zero-order valence-electron chi connectivity index (χ0n) is 16.7. The van der Waals surface area contributed by atoms with Gasteiger partial charge < -0.3 is 59.4 Å². The molecule has 12 nitrogen and oxygen atoms in total. The minimum Gasteiger partial charge on any atom is -0.497 e. The molecule has 12 heteroatoms. The van der Waals surface area contributed by atoms with E-state index >= 15 is 0 Å². The Labute approximate surface area is 177 Å². The fourth-order valence-corrected chi connectivity index (χ4v) is 3.41. The Hall–Kier alpha value is -1.58. The smallest absolute Gasteiger partial charge is 0.187 e. The molecule has 176 valence electrons. The van der Waals surface area contributed by atoms with Gasteiger partial charge in [-0.3, -0.25) is 0 Å². The number of hydrogen-bond acceptors (Lipinski definition) is 12. The maximum Gasteiger partial charge on any atom is 0.187 e. The molecule has 10 atom stereocenters. The Morgan fingerprint density at radius 3 is 2.03 bits per heavy atom. The largest absolute Gasteiger partial charge is 0.497 e. The van der Waals surface area contributed by atoms with E-state index in [1.54, 1.807) is 24.3 Å². The molecule has 1 aromatic rings. The fraction of sp³-hybridized carbons (Fsp3) is 0.684. The molecule has 7 N–H and O–H groups in total. The molecule has 2 heterocycles.